The number of rotatable bonds is 7. The fraction of sp³-hybridized carbons (Fsp3) is 0.361. The quantitative estimate of drug-likeness (QED) is 0.151. The molecule has 6 nitrogen and oxygen atoms in total. The van der Waals surface area contributed by atoms with Crippen molar-refractivity contribution in [1.82, 2.24) is 4.98 Å². The summed E-state index contributed by atoms with van der Waals surface area (Å²) in [4.78, 5) is 32.7. The topological polar surface area (TPSA) is 79.7 Å². The number of hydrogen-bond donors (Lipinski definition) is 1. The zero-order valence-corrected chi connectivity index (χ0v) is 27.0. The molecule has 2 aliphatic heterocycles. The molecule has 13 heteroatoms. The van der Waals surface area contributed by atoms with Crippen molar-refractivity contribution in [3.8, 4) is 5.75 Å². The van der Waals surface area contributed by atoms with Crippen LogP contribution < -0.4 is 4.90 Å². The number of phenolic OH excluding ortho intramolecular Hbond substituents is 1. The van der Waals surface area contributed by atoms with E-state index in [0.29, 0.717) is 46.2 Å². The van der Waals surface area contributed by atoms with Crippen molar-refractivity contribution in [2.45, 2.75) is 51.6 Å². The Kier molecular flexibility index (Phi) is 9.16. The van der Waals surface area contributed by atoms with E-state index in [2.05, 4.69) is 4.98 Å². The summed E-state index contributed by atoms with van der Waals surface area (Å²) in [5.41, 5.74) is -0.0605. The molecule has 1 aromatic heterocycles. The van der Waals surface area contributed by atoms with Gasteiger partial charge in [0.1, 0.15) is 5.75 Å². The van der Waals surface area contributed by atoms with Gasteiger partial charge < -0.3 is 9.84 Å². The van der Waals surface area contributed by atoms with E-state index >= 15 is 0 Å². The maximum Gasteiger partial charge on any atom is 0.416 e. The van der Waals surface area contributed by atoms with Crippen LogP contribution in [0.5, 0.6) is 5.75 Å². The van der Waals surface area contributed by atoms with E-state index < -0.39 is 64.8 Å². The number of alkyl halides is 6. The van der Waals surface area contributed by atoms with E-state index in [0.717, 1.165) is 16.7 Å². The largest absolute Gasteiger partial charge is 0.508 e. The number of anilines is 1. The van der Waals surface area contributed by atoms with Crippen molar-refractivity contribution < 1.29 is 45.8 Å². The minimum atomic E-state index is -5.14. The van der Waals surface area contributed by atoms with Crippen LogP contribution >= 0.6 is 11.6 Å². The molecule has 2 saturated heterocycles. The molecule has 1 N–H and O–H groups in total. The average Bonchev–Trinajstić information content (AvgIpc) is 3.56. The highest BCUT2D eigenvalue weighted by Gasteiger charge is 2.58. The minimum Gasteiger partial charge on any atom is -0.508 e. The minimum absolute atomic E-state index is 0.0167. The van der Waals surface area contributed by atoms with Gasteiger partial charge in [-0.15, -0.1) is 0 Å². The molecule has 6 rings (SSSR count). The number of amides is 2. The molecule has 3 aliphatic rings. The number of carbonyl (C=O) groups is 2. The number of aromatic hydroxyl groups is 1. The first-order valence-electron chi connectivity index (χ1n) is 15.7. The number of aromatic nitrogens is 1. The fourth-order valence-corrected chi connectivity index (χ4v) is 7.44. The third-order valence-corrected chi connectivity index (χ3v) is 9.78. The van der Waals surface area contributed by atoms with Crippen LogP contribution in [0.4, 0.5) is 32.0 Å². The summed E-state index contributed by atoms with van der Waals surface area (Å²) in [6.45, 7) is 3.93. The summed E-state index contributed by atoms with van der Waals surface area (Å²) in [5.74, 6) is -4.26. The van der Waals surface area contributed by atoms with Gasteiger partial charge in [0, 0.05) is 12.1 Å². The number of nitrogens with zero attached hydrogens (tertiary/aromatic N) is 2. The second-order valence-corrected chi connectivity index (χ2v) is 13.2. The molecule has 0 radical (unpaired) electrons. The number of allylic oxidation sites excluding steroid dienone is 2. The predicted octanol–water partition coefficient (Wildman–Crippen LogP) is 8.98. The van der Waals surface area contributed by atoms with Crippen LogP contribution in [0.1, 0.15) is 55.5 Å². The third kappa shape index (κ3) is 6.72. The number of halogens is 7. The van der Waals surface area contributed by atoms with Gasteiger partial charge in [0.2, 0.25) is 11.8 Å². The Morgan fingerprint density at radius 1 is 1.00 bits per heavy atom. The van der Waals surface area contributed by atoms with Gasteiger partial charge in [-0.2, -0.15) is 26.3 Å². The molecule has 3 heterocycles. The number of fused-ring (bicyclic) bond motifs is 3. The van der Waals surface area contributed by atoms with Crippen LogP contribution in [0.15, 0.2) is 71.9 Å². The summed E-state index contributed by atoms with van der Waals surface area (Å²) < 4.78 is 88.3. The number of phenols is 1. The molecule has 258 valence electrons. The van der Waals surface area contributed by atoms with Gasteiger partial charge in [-0.25, -0.2) is 4.90 Å². The Hall–Kier alpha value is -4.16. The van der Waals surface area contributed by atoms with E-state index in [9.17, 15) is 41.0 Å². The molecule has 0 bridgehead atoms. The van der Waals surface area contributed by atoms with Crippen molar-refractivity contribution in [2.24, 2.45) is 23.7 Å². The number of ether oxygens (including phenoxy) is 1. The molecule has 0 saturated carbocycles. The van der Waals surface area contributed by atoms with Crippen molar-refractivity contribution >= 4 is 40.8 Å². The van der Waals surface area contributed by atoms with Crippen molar-refractivity contribution in [3.63, 3.8) is 0 Å². The molecule has 0 unspecified atom stereocenters. The van der Waals surface area contributed by atoms with Crippen LogP contribution in [0.3, 0.4) is 0 Å². The lowest BCUT2D eigenvalue weighted by molar-refractivity contribution is -0.143. The van der Waals surface area contributed by atoms with E-state index in [4.69, 9.17) is 16.3 Å². The number of pyridine rings is 1. The average molecular weight is 705 g/mol. The molecular formula is C36H31ClF6N2O4. The lowest BCUT2D eigenvalue weighted by atomic mass is 9.67. The normalized spacial score (nSPS) is 23.1. The summed E-state index contributed by atoms with van der Waals surface area (Å²) in [5, 5.41) is 10.1. The fourth-order valence-electron chi connectivity index (χ4n) is 7.22. The van der Waals surface area contributed by atoms with Crippen molar-refractivity contribution in [2.75, 3.05) is 11.5 Å². The molecular weight excluding hydrogens is 674 g/mol. The maximum atomic E-state index is 13.9. The predicted molar refractivity (Wildman–Crippen MR) is 170 cm³/mol. The molecule has 2 fully saturated rings. The summed E-state index contributed by atoms with van der Waals surface area (Å²) in [6.07, 6.45) is -6.19. The first kappa shape index (κ1) is 34.7. The third-order valence-electron chi connectivity index (χ3n) is 9.46. The summed E-state index contributed by atoms with van der Waals surface area (Å²) in [6, 6.07) is 10.9. The Balaban J connectivity index is 1.32. The van der Waals surface area contributed by atoms with Crippen LogP contribution in [0, 0.1) is 23.7 Å². The zero-order chi connectivity index (χ0) is 35.4. The van der Waals surface area contributed by atoms with Gasteiger partial charge in [-0.1, -0.05) is 37.1 Å². The lowest BCUT2D eigenvalue weighted by Crippen LogP contribution is -2.35. The second kappa shape index (κ2) is 12.9. The zero-order valence-electron chi connectivity index (χ0n) is 26.3. The van der Waals surface area contributed by atoms with Gasteiger partial charge in [-0.05, 0) is 96.5 Å². The molecule has 1 aliphatic carbocycles. The van der Waals surface area contributed by atoms with Crippen LogP contribution in [0.25, 0.3) is 11.6 Å². The maximum absolute atomic E-state index is 13.9. The highest BCUT2D eigenvalue weighted by Crippen LogP contribution is 2.52. The molecule has 0 spiro atoms. The number of benzene rings is 2. The van der Waals surface area contributed by atoms with Gasteiger partial charge in [-0.3, -0.25) is 14.6 Å². The first-order valence-corrected chi connectivity index (χ1v) is 16.0. The summed E-state index contributed by atoms with van der Waals surface area (Å²) >= 11 is 6.40. The Labute approximate surface area is 283 Å². The molecule has 2 aromatic carbocycles. The molecule has 4 atom stereocenters. The Morgan fingerprint density at radius 3 is 2.29 bits per heavy atom. The van der Waals surface area contributed by atoms with Crippen LogP contribution in [-0.4, -0.2) is 34.6 Å². The highest BCUT2D eigenvalue weighted by molar-refractivity contribution is 6.32. The van der Waals surface area contributed by atoms with Crippen LogP contribution in [-0.2, 0) is 26.7 Å². The smallest absolute Gasteiger partial charge is 0.416 e. The van der Waals surface area contributed by atoms with E-state index in [1.54, 1.807) is 18.3 Å². The van der Waals surface area contributed by atoms with Crippen LogP contribution in [0.2, 0.25) is 5.02 Å². The number of carbonyl (C=O) groups excluding carboxylic acids is 2. The van der Waals surface area contributed by atoms with Crippen molar-refractivity contribution in [3.05, 3.63) is 99.3 Å². The number of imide groups is 1. The lowest BCUT2D eigenvalue weighted by Gasteiger charge is -2.33. The first-order chi connectivity index (χ1) is 23.0. The summed E-state index contributed by atoms with van der Waals surface area (Å²) in [7, 11) is 0. The SMILES string of the molecule is CC(C)C1=C2[C@@H](CC/C(=C/c3ccc(O)cc3Cl)c3ccccn3)OC[C@@H]2[C@@H]2C(=O)N(c3cc(C(F)(F)F)cc(C(F)(F)F)c3)C(=O)[C@@H]2C1. The van der Waals surface area contributed by atoms with Gasteiger partial charge in [0.25, 0.3) is 0 Å². The van der Waals surface area contributed by atoms with Gasteiger partial charge >= 0.3 is 12.4 Å². The van der Waals surface area contributed by atoms with Crippen molar-refractivity contribution in [1.29, 1.82) is 0 Å². The Bertz CT molecular complexity index is 1820. The monoisotopic (exact) mass is 704 g/mol. The van der Waals surface area contributed by atoms with E-state index in [-0.39, 0.29) is 30.8 Å². The number of hydrogen-bond acceptors (Lipinski definition) is 5. The molecule has 3 aromatic rings. The standard InChI is InChI=1S/C36H31ClF6N2O4/c1-18(2)25-16-26-32(34(48)45(33(26)47)23-13-21(35(38,39)40)12-22(14-23)36(41,42)43)27-17-49-30(31(25)27)9-7-20(29-5-3-4-10-44-29)11-19-6-8-24(46)15-28(19)37/h3-6,8,10-15,18,26-27,30,32,46H,7,9,16-17H2,1-2H3/b20-11-/t26-,27+,30-,32-/m1/s1. The second-order valence-electron chi connectivity index (χ2n) is 12.8. The van der Waals surface area contributed by atoms with E-state index in [1.165, 1.54) is 12.1 Å². The van der Waals surface area contributed by atoms with E-state index in [1.807, 2.05) is 32.1 Å². The molecule has 49 heavy (non-hydrogen) atoms. The Morgan fingerprint density at radius 2 is 1.69 bits per heavy atom. The molecule has 2 amide bonds. The van der Waals surface area contributed by atoms with Gasteiger partial charge in [0.05, 0.1) is 52.1 Å². The highest BCUT2D eigenvalue weighted by atomic mass is 35.5. The van der Waals surface area contributed by atoms with Gasteiger partial charge in [0.15, 0.2) is 0 Å².